The van der Waals surface area contributed by atoms with Crippen LogP contribution in [0.1, 0.15) is 27.2 Å². The normalized spacial score (nSPS) is 11.2. The first-order valence-corrected chi connectivity index (χ1v) is 6.71. The molecule has 0 saturated heterocycles. The lowest BCUT2D eigenvalue weighted by Gasteiger charge is -2.22. The summed E-state index contributed by atoms with van der Waals surface area (Å²) in [5.41, 5.74) is 0.0197. The molecule has 0 fully saturated rings. The number of likely N-dealkylation sites (N-methyl/N-ethyl adjacent to an activating group) is 1. The van der Waals surface area contributed by atoms with Crippen molar-refractivity contribution < 1.29 is 9.53 Å². The molecule has 19 heavy (non-hydrogen) atoms. The van der Waals surface area contributed by atoms with Crippen LogP contribution in [0.4, 0.5) is 5.69 Å². The summed E-state index contributed by atoms with van der Waals surface area (Å²) in [5, 5.41) is 6.26. The largest absolute Gasteiger partial charge is 0.492 e. The Hall–Kier alpha value is -1.26. The highest BCUT2D eigenvalue weighted by molar-refractivity contribution is 6.32. The van der Waals surface area contributed by atoms with Crippen molar-refractivity contribution in [2.24, 2.45) is 0 Å². The lowest BCUT2D eigenvalue weighted by atomic mass is 10.1. The minimum atomic E-state index is -0.635. The standard InChI is InChI=1S/C14H21ClN2O2/c1-5-8-19-12-7-6-10(9-11(12)15)17-13(18)14(2,3)16-4/h6-7,9,16H,5,8H2,1-4H3,(H,17,18). The molecule has 1 rings (SSSR count). The van der Waals surface area contributed by atoms with Crippen molar-refractivity contribution in [3.05, 3.63) is 23.2 Å². The van der Waals surface area contributed by atoms with Gasteiger partial charge < -0.3 is 15.4 Å². The van der Waals surface area contributed by atoms with Crippen molar-refractivity contribution in [3.63, 3.8) is 0 Å². The first kappa shape index (κ1) is 15.8. The molecular weight excluding hydrogens is 264 g/mol. The van der Waals surface area contributed by atoms with Crippen LogP contribution < -0.4 is 15.4 Å². The third kappa shape index (κ3) is 4.40. The maximum absolute atomic E-state index is 12.0. The van der Waals surface area contributed by atoms with E-state index >= 15 is 0 Å². The molecule has 1 aromatic rings. The van der Waals surface area contributed by atoms with Gasteiger partial charge in [-0.2, -0.15) is 0 Å². The molecule has 0 aliphatic carbocycles. The third-order valence-electron chi connectivity index (χ3n) is 2.84. The van der Waals surface area contributed by atoms with Gasteiger partial charge in [0.2, 0.25) is 5.91 Å². The summed E-state index contributed by atoms with van der Waals surface area (Å²) in [5.74, 6) is 0.516. The van der Waals surface area contributed by atoms with E-state index in [4.69, 9.17) is 16.3 Å². The fourth-order valence-electron chi connectivity index (χ4n) is 1.31. The molecule has 0 aliphatic rings. The monoisotopic (exact) mass is 284 g/mol. The summed E-state index contributed by atoms with van der Waals surface area (Å²) < 4.78 is 5.48. The second kappa shape index (κ2) is 6.78. The second-order valence-corrected chi connectivity index (χ2v) is 5.23. The highest BCUT2D eigenvalue weighted by Gasteiger charge is 2.25. The number of carbonyl (C=O) groups excluding carboxylic acids is 1. The van der Waals surface area contributed by atoms with Crippen molar-refractivity contribution in [1.29, 1.82) is 0 Å². The Morgan fingerprint density at radius 2 is 2.11 bits per heavy atom. The van der Waals surface area contributed by atoms with Gasteiger partial charge in [-0.3, -0.25) is 4.79 Å². The maximum atomic E-state index is 12.0. The molecule has 0 saturated carbocycles. The van der Waals surface area contributed by atoms with Crippen LogP contribution in [0.15, 0.2) is 18.2 Å². The third-order valence-corrected chi connectivity index (χ3v) is 3.14. The molecule has 5 heteroatoms. The number of carbonyl (C=O) groups is 1. The highest BCUT2D eigenvalue weighted by atomic mass is 35.5. The highest BCUT2D eigenvalue weighted by Crippen LogP contribution is 2.28. The number of rotatable bonds is 6. The lowest BCUT2D eigenvalue weighted by molar-refractivity contribution is -0.121. The van der Waals surface area contributed by atoms with E-state index in [0.717, 1.165) is 6.42 Å². The Morgan fingerprint density at radius 3 is 2.63 bits per heavy atom. The van der Waals surface area contributed by atoms with E-state index in [0.29, 0.717) is 23.1 Å². The van der Waals surface area contributed by atoms with E-state index in [2.05, 4.69) is 10.6 Å². The minimum Gasteiger partial charge on any atom is -0.492 e. The summed E-state index contributed by atoms with van der Waals surface area (Å²) in [7, 11) is 1.74. The quantitative estimate of drug-likeness (QED) is 0.844. The Kier molecular flexibility index (Phi) is 5.63. The first-order valence-electron chi connectivity index (χ1n) is 6.33. The average molecular weight is 285 g/mol. The minimum absolute atomic E-state index is 0.117. The van der Waals surface area contributed by atoms with Crippen LogP contribution >= 0.6 is 11.6 Å². The van der Waals surface area contributed by atoms with E-state index in [1.807, 2.05) is 20.8 Å². The number of halogens is 1. The summed E-state index contributed by atoms with van der Waals surface area (Å²) >= 11 is 6.10. The molecule has 4 nitrogen and oxygen atoms in total. The number of hydrogen-bond donors (Lipinski definition) is 2. The van der Waals surface area contributed by atoms with E-state index < -0.39 is 5.54 Å². The summed E-state index contributed by atoms with van der Waals surface area (Å²) in [4.78, 5) is 12.0. The van der Waals surface area contributed by atoms with Gasteiger partial charge in [0.1, 0.15) is 5.75 Å². The molecule has 0 bridgehead atoms. The van der Waals surface area contributed by atoms with Gasteiger partial charge in [0.25, 0.3) is 0 Å². The summed E-state index contributed by atoms with van der Waals surface area (Å²) in [6.45, 7) is 6.27. The molecular formula is C14H21ClN2O2. The predicted molar refractivity (Wildman–Crippen MR) is 79.0 cm³/mol. The molecule has 106 valence electrons. The van der Waals surface area contributed by atoms with Crippen LogP contribution in [0.2, 0.25) is 5.02 Å². The van der Waals surface area contributed by atoms with Crippen molar-refractivity contribution in [3.8, 4) is 5.75 Å². The van der Waals surface area contributed by atoms with E-state index in [1.165, 1.54) is 0 Å². The van der Waals surface area contributed by atoms with Gasteiger partial charge in [-0.25, -0.2) is 0 Å². The molecule has 2 N–H and O–H groups in total. The van der Waals surface area contributed by atoms with Crippen molar-refractivity contribution in [2.75, 3.05) is 19.0 Å². The van der Waals surface area contributed by atoms with Gasteiger partial charge in [0.05, 0.1) is 17.2 Å². The van der Waals surface area contributed by atoms with Gasteiger partial charge in [-0.05, 0) is 45.5 Å². The van der Waals surface area contributed by atoms with Crippen LogP contribution in [-0.2, 0) is 4.79 Å². The first-order chi connectivity index (χ1) is 8.90. The van der Waals surface area contributed by atoms with Crippen molar-refractivity contribution in [1.82, 2.24) is 5.32 Å². The molecule has 0 unspecified atom stereocenters. The van der Waals surface area contributed by atoms with E-state index in [-0.39, 0.29) is 5.91 Å². The number of ether oxygens (including phenoxy) is 1. The zero-order chi connectivity index (χ0) is 14.5. The van der Waals surface area contributed by atoms with Gasteiger partial charge in [-0.1, -0.05) is 18.5 Å². The SMILES string of the molecule is CCCOc1ccc(NC(=O)C(C)(C)NC)cc1Cl. The van der Waals surface area contributed by atoms with Crippen molar-refractivity contribution >= 4 is 23.2 Å². The average Bonchev–Trinajstić information content (AvgIpc) is 2.37. The van der Waals surface area contributed by atoms with Crippen LogP contribution in [0.25, 0.3) is 0 Å². The Bertz CT molecular complexity index is 447. The number of anilines is 1. The molecule has 0 aliphatic heterocycles. The van der Waals surface area contributed by atoms with Gasteiger partial charge >= 0.3 is 0 Å². The molecule has 0 atom stereocenters. The maximum Gasteiger partial charge on any atom is 0.244 e. The topological polar surface area (TPSA) is 50.4 Å². The number of benzene rings is 1. The fourth-order valence-corrected chi connectivity index (χ4v) is 1.54. The molecule has 1 aromatic carbocycles. The molecule has 0 aromatic heterocycles. The Morgan fingerprint density at radius 1 is 1.42 bits per heavy atom. The molecule has 1 amide bonds. The smallest absolute Gasteiger partial charge is 0.244 e. The number of nitrogens with one attached hydrogen (secondary N) is 2. The summed E-state index contributed by atoms with van der Waals surface area (Å²) in [6, 6.07) is 5.23. The van der Waals surface area contributed by atoms with Crippen molar-refractivity contribution in [2.45, 2.75) is 32.7 Å². The van der Waals surface area contributed by atoms with E-state index in [1.54, 1.807) is 25.2 Å². The number of amides is 1. The zero-order valence-corrected chi connectivity index (χ0v) is 12.6. The fraction of sp³-hybridized carbons (Fsp3) is 0.500. The number of hydrogen-bond acceptors (Lipinski definition) is 3. The van der Waals surface area contributed by atoms with Crippen LogP contribution in [0, 0.1) is 0 Å². The Balaban J connectivity index is 2.76. The second-order valence-electron chi connectivity index (χ2n) is 4.82. The van der Waals surface area contributed by atoms with Crippen LogP contribution in [0.5, 0.6) is 5.75 Å². The van der Waals surface area contributed by atoms with E-state index in [9.17, 15) is 4.79 Å². The van der Waals surface area contributed by atoms with Crippen LogP contribution in [-0.4, -0.2) is 25.1 Å². The van der Waals surface area contributed by atoms with Gasteiger partial charge in [-0.15, -0.1) is 0 Å². The zero-order valence-electron chi connectivity index (χ0n) is 11.8. The lowest BCUT2D eigenvalue weighted by Crippen LogP contribution is -2.47. The Labute approximate surface area is 119 Å². The molecule has 0 radical (unpaired) electrons. The molecule has 0 spiro atoms. The summed E-state index contributed by atoms with van der Waals surface area (Å²) in [6.07, 6.45) is 0.922. The van der Waals surface area contributed by atoms with Gasteiger partial charge in [0, 0.05) is 5.69 Å². The predicted octanol–water partition coefficient (Wildman–Crippen LogP) is 3.07. The molecule has 0 heterocycles. The van der Waals surface area contributed by atoms with Crippen LogP contribution in [0.3, 0.4) is 0 Å². The van der Waals surface area contributed by atoms with Gasteiger partial charge in [0.15, 0.2) is 0 Å².